The second-order valence-electron chi connectivity index (χ2n) is 4.97. The van der Waals surface area contributed by atoms with Gasteiger partial charge in [0.15, 0.2) is 0 Å². The number of carboxylic acids is 1. The van der Waals surface area contributed by atoms with Gasteiger partial charge in [-0.2, -0.15) is 0 Å². The molecule has 1 aromatic carbocycles. The number of aliphatic hydroxyl groups is 1. The van der Waals surface area contributed by atoms with E-state index in [1.807, 2.05) is 13.8 Å². The molecule has 106 valence electrons. The predicted octanol–water partition coefficient (Wildman–Crippen LogP) is 3.23. The van der Waals surface area contributed by atoms with Crippen LogP contribution in [0.25, 0.3) is 0 Å². The van der Waals surface area contributed by atoms with Crippen LogP contribution in [-0.2, 0) is 10.4 Å². The van der Waals surface area contributed by atoms with Gasteiger partial charge in [0.25, 0.3) is 0 Å². The number of carboxylic acid groups (broad SMARTS) is 1. The molecule has 0 amide bonds. The Kier molecular flexibility index (Phi) is 5.06. The molecule has 0 aliphatic rings. The van der Waals surface area contributed by atoms with Crippen molar-refractivity contribution in [2.24, 2.45) is 5.92 Å². The molecule has 0 bridgehead atoms. The third kappa shape index (κ3) is 3.32. The summed E-state index contributed by atoms with van der Waals surface area (Å²) >= 11 is 0. The molecule has 19 heavy (non-hydrogen) atoms. The second-order valence-corrected chi connectivity index (χ2v) is 4.97. The summed E-state index contributed by atoms with van der Waals surface area (Å²) in [6.45, 7) is 5.43. The van der Waals surface area contributed by atoms with Gasteiger partial charge in [0.1, 0.15) is 11.4 Å². The summed E-state index contributed by atoms with van der Waals surface area (Å²) in [4.78, 5) is 11.0. The van der Waals surface area contributed by atoms with Crippen LogP contribution in [0.2, 0.25) is 0 Å². The van der Waals surface area contributed by atoms with Gasteiger partial charge in [0, 0.05) is 0 Å². The first-order chi connectivity index (χ1) is 8.85. The standard InChI is InChI=1S/C15H21FO3/c1-4-11(5-2)15(19,9-14(17)18)12-6-7-13(16)10(3)8-12/h6-8,11,19H,4-5,9H2,1-3H3,(H,17,18). The Morgan fingerprint density at radius 2 is 1.95 bits per heavy atom. The van der Waals surface area contributed by atoms with Gasteiger partial charge in [-0.05, 0) is 30.0 Å². The van der Waals surface area contributed by atoms with Crippen molar-refractivity contribution < 1.29 is 19.4 Å². The van der Waals surface area contributed by atoms with Crippen LogP contribution < -0.4 is 0 Å². The molecule has 0 aliphatic heterocycles. The molecular weight excluding hydrogens is 247 g/mol. The van der Waals surface area contributed by atoms with Crippen LogP contribution in [0.1, 0.15) is 44.2 Å². The lowest BCUT2D eigenvalue weighted by Gasteiger charge is -2.35. The minimum Gasteiger partial charge on any atom is -0.481 e. The molecule has 4 heteroatoms. The maximum Gasteiger partial charge on any atom is 0.306 e. The molecule has 2 N–H and O–H groups in total. The number of aryl methyl sites for hydroxylation is 1. The third-order valence-corrected chi connectivity index (χ3v) is 3.74. The zero-order valence-electron chi connectivity index (χ0n) is 11.6. The van der Waals surface area contributed by atoms with Crippen LogP contribution in [0.5, 0.6) is 0 Å². The Hall–Kier alpha value is -1.42. The summed E-state index contributed by atoms with van der Waals surface area (Å²) < 4.78 is 13.3. The van der Waals surface area contributed by atoms with E-state index < -0.39 is 11.6 Å². The molecule has 0 aliphatic carbocycles. The number of hydrogen-bond acceptors (Lipinski definition) is 2. The minimum atomic E-state index is -1.45. The van der Waals surface area contributed by atoms with E-state index in [1.165, 1.54) is 18.2 Å². The van der Waals surface area contributed by atoms with Gasteiger partial charge in [0.05, 0.1) is 6.42 Å². The van der Waals surface area contributed by atoms with Crippen LogP contribution in [0.3, 0.4) is 0 Å². The van der Waals surface area contributed by atoms with E-state index in [-0.39, 0.29) is 18.2 Å². The molecule has 0 aromatic heterocycles. The van der Waals surface area contributed by atoms with Gasteiger partial charge in [-0.25, -0.2) is 4.39 Å². The molecule has 1 unspecified atom stereocenters. The lowest BCUT2D eigenvalue weighted by atomic mass is 9.76. The van der Waals surface area contributed by atoms with Crippen LogP contribution in [0.4, 0.5) is 4.39 Å². The van der Waals surface area contributed by atoms with Crippen LogP contribution in [0, 0.1) is 18.7 Å². The van der Waals surface area contributed by atoms with E-state index in [1.54, 1.807) is 6.92 Å². The van der Waals surface area contributed by atoms with Gasteiger partial charge < -0.3 is 10.2 Å². The molecule has 1 rings (SSSR count). The number of hydrogen-bond donors (Lipinski definition) is 2. The van der Waals surface area contributed by atoms with Crippen molar-refractivity contribution in [3.63, 3.8) is 0 Å². The minimum absolute atomic E-state index is 0.173. The van der Waals surface area contributed by atoms with Crippen LogP contribution in [-0.4, -0.2) is 16.2 Å². The van der Waals surface area contributed by atoms with Crippen molar-refractivity contribution in [2.45, 2.75) is 45.6 Å². The quantitative estimate of drug-likeness (QED) is 0.832. The number of aliphatic carboxylic acids is 1. The highest BCUT2D eigenvalue weighted by Gasteiger charge is 2.38. The summed E-state index contributed by atoms with van der Waals surface area (Å²) in [5, 5.41) is 19.9. The van der Waals surface area contributed by atoms with Crippen molar-refractivity contribution in [3.8, 4) is 0 Å². The first-order valence-corrected chi connectivity index (χ1v) is 6.55. The Morgan fingerprint density at radius 1 is 1.37 bits per heavy atom. The van der Waals surface area contributed by atoms with E-state index in [4.69, 9.17) is 5.11 Å². The number of rotatable bonds is 6. The van der Waals surface area contributed by atoms with Crippen LogP contribution in [0.15, 0.2) is 18.2 Å². The SMILES string of the molecule is CCC(CC)C(O)(CC(=O)O)c1ccc(F)c(C)c1. The molecule has 0 heterocycles. The Balaban J connectivity index is 3.29. The topological polar surface area (TPSA) is 57.5 Å². The van der Waals surface area contributed by atoms with Crippen molar-refractivity contribution in [1.82, 2.24) is 0 Å². The fraction of sp³-hybridized carbons (Fsp3) is 0.533. The zero-order valence-corrected chi connectivity index (χ0v) is 11.6. The smallest absolute Gasteiger partial charge is 0.306 e. The predicted molar refractivity (Wildman–Crippen MR) is 71.4 cm³/mol. The maximum atomic E-state index is 13.3. The number of benzene rings is 1. The summed E-state index contributed by atoms with van der Waals surface area (Å²) in [6.07, 6.45) is 0.956. The molecule has 1 aromatic rings. The summed E-state index contributed by atoms with van der Waals surface area (Å²) in [7, 11) is 0. The van der Waals surface area contributed by atoms with Gasteiger partial charge in [-0.15, -0.1) is 0 Å². The summed E-state index contributed by atoms with van der Waals surface area (Å²) in [5.74, 6) is -1.59. The van der Waals surface area contributed by atoms with Crippen molar-refractivity contribution in [1.29, 1.82) is 0 Å². The van der Waals surface area contributed by atoms with Gasteiger partial charge >= 0.3 is 5.97 Å². The fourth-order valence-corrected chi connectivity index (χ4v) is 2.59. The highest BCUT2D eigenvalue weighted by Crippen LogP contribution is 2.37. The zero-order chi connectivity index (χ0) is 14.6. The van der Waals surface area contributed by atoms with Crippen molar-refractivity contribution in [2.75, 3.05) is 0 Å². The highest BCUT2D eigenvalue weighted by molar-refractivity contribution is 5.68. The Labute approximate surface area is 113 Å². The summed E-state index contributed by atoms with van der Waals surface area (Å²) in [5.41, 5.74) is -0.567. The number of carbonyl (C=O) groups is 1. The second kappa shape index (κ2) is 6.15. The molecule has 0 saturated heterocycles. The molecular formula is C15H21FO3. The average Bonchev–Trinajstić information content (AvgIpc) is 2.33. The van der Waals surface area contributed by atoms with Crippen molar-refractivity contribution >= 4 is 5.97 Å². The monoisotopic (exact) mass is 268 g/mol. The van der Waals surface area contributed by atoms with Gasteiger partial charge in [0.2, 0.25) is 0 Å². The fourth-order valence-electron chi connectivity index (χ4n) is 2.59. The summed E-state index contributed by atoms with van der Waals surface area (Å²) in [6, 6.07) is 4.29. The van der Waals surface area contributed by atoms with E-state index in [9.17, 15) is 14.3 Å². The van der Waals surface area contributed by atoms with E-state index in [2.05, 4.69) is 0 Å². The van der Waals surface area contributed by atoms with E-state index >= 15 is 0 Å². The van der Waals surface area contributed by atoms with E-state index in [0.29, 0.717) is 24.0 Å². The first-order valence-electron chi connectivity index (χ1n) is 6.55. The first kappa shape index (κ1) is 15.6. The van der Waals surface area contributed by atoms with Gasteiger partial charge in [-0.3, -0.25) is 4.79 Å². The molecule has 0 radical (unpaired) electrons. The van der Waals surface area contributed by atoms with E-state index in [0.717, 1.165) is 0 Å². The van der Waals surface area contributed by atoms with Gasteiger partial charge in [-0.1, -0.05) is 38.8 Å². The lowest BCUT2D eigenvalue weighted by Crippen LogP contribution is -2.37. The maximum absolute atomic E-state index is 13.3. The number of halogens is 1. The highest BCUT2D eigenvalue weighted by atomic mass is 19.1. The third-order valence-electron chi connectivity index (χ3n) is 3.74. The average molecular weight is 268 g/mol. The Morgan fingerprint density at radius 3 is 2.37 bits per heavy atom. The molecule has 3 nitrogen and oxygen atoms in total. The van der Waals surface area contributed by atoms with Crippen LogP contribution >= 0.6 is 0 Å². The molecule has 1 atom stereocenters. The largest absolute Gasteiger partial charge is 0.481 e. The molecule has 0 saturated carbocycles. The lowest BCUT2D eigenvalue weighted by molar-refractivity contribution is -0.146. The Bertz CT molecular complexity index is 455. The normalized spacial score (nSPS) is 14.4. The van der Waals surface area contributed by atoms with Crippen molar-refractivity contribution in [3.05, 3.63) is 35.1 Å². The molecule has 0 fully saturated rings. The molecule has 0 spiro atoms.